The summed E-state index contributed by atoms with van der Waals surface area (Å²) in [5.74, 6) is 1.93. The van der Waals surface area contributed by atoms with Gasteiger partial charge < -0.3 is 5.32 Å². The lowest BCUT2D eigenvalue weighted by atomic mass is 9.78. The van der Waals surface area contributed by atoms with Gasteiger partial charge in [0.05, 0.1) is 10.8 Å². The molecule has 2 heterocycles. The maximum atomic E-state index is 12.9. The monoisotopic (exact) mass is 397 g/mol. The van der Waals surface area contributed by atoms with Crippen LogP contribution in [0.4, 0.5) is 0 Å². The predicted octanol–water partition coefficient (Wildman–Crippen LogP) is 4.01. The molecule has 1 fully saturated rings. The van der Waals surface area contributed by atoms with E-state index in [1.54, 1.807) is 4.52 Å². The molecule has 1 aromatic carbocycles. The molecule has 7 heteroatoms. The number of nitrogens with zero attached hydrogens (tertiary/aromatic N) is 4. The Morgan fingerprint density at radius 3 is 2.86 bits per heavy atom. The molecule has 3 aromatic rings. The first-order chi connectivity index (χ1) is 13.4. The van der Waals surface area contributed by atoms with Gasteiger partial charge in [0, 0.05) is 11.4 Å². The zero-order valence-corrected chi connectivity index (χ0v) is 17.7. The molecule has 0 bridgehead atoms. The molecule has 0 saturated heterocycles. The average Bonchev–Trinajstić information content (AvgIpc) is 3.07. The third-order valence-electron chi connectivity index (χ3n) is 5.94. The first-order valence-electron chi connectivity index (χ1n) is 10.0. The van der Waals surface area contributed by atoms with Crippen LogP contribution in [0.2, 0.25) is 0 Å². The highest BCUT2D eigenvalue weighted by Crippen LogP contribution is 2.31. The zero-order valence-electron chi connectivity index (χ0n) is 16.8. The maximum Gasteiger partial charge on any atom is 0.233 e. The Bertz CT molecular complexity index is 1020. The molecule has 28 heavy (non-hydrogen) atoms. The zero-order chi connectivity index (χ0) is 19.8. The average molecular weight is 398 g/mol. The number of benzene rings is 1. The predicted molar refractivity (Wildman–Crippen MR) is 112 cm³/mol. The van der Waals surface area contributed by atoms with Gasteiger partial charge in [-0.2, -0.15) is 4.52 Å². The van der Waals surface area contributed by atoms with Crippen LogP contribution in [-0.2, 0) is 4.79 Å². The van der Waals surface area contributed by atoms with Crippen molar-refractivity contribution in [1.29, 1.82) is 0 Å². The van der Waals surface area contributed by atoms with Crippen molar-refractivity contribution in [2.24, 2.45) is 11.8 Å². The number of amides is 1. The summed E-state index contributed by atoms with van der Waals surface area (Å²) in [4.78, 5) is 22.2. The topological polar surface area (TPSA) is 72.2 Å². The van der Waals surface area contributed by atoms with E-state index in [1.165, 1.54) is 24.6 Å². The SMILES string of the molecule is Cc1nc2c3ccccc3nc(S[C@H](C)C(=O)N[C@@H]3CCC[C@@H](C)[C@@H]3C)n2n1. The number of nitrogens with one attached hydrogen (secondary N) is 1. The van der Waals surface area contributed by atoms with Crippen molar-refractivity contribution < 1.29 is 4.79 Å². The molecular formula is C21H27N5OS. The third-order valence-corrected chi connectivity index (χ3v) is 6.98. The molecule has 1 aliphatic rings. The van der Waals surface area contributed by atoms with Crippen molar-refractivity contribution in [3.63, 3.8) is 0 Å². The lowest BCUT2D eigenvalue weighted by Crippen LogP contribution is -2.46. The van der Waals surface area contributed by atoms with Crippen molar-refractivity contribution in [1.82, 2.24) is 24.9 Å². The van der Waals surface area contributed by atoms with Crippen LogP contribution in [0, 0.1) is 18.8 Å². The fourth-order valence-corrected chi connectivity index (χ4v) is 4.88. The standard InChI is InChI=1S/C21H27N5OS/c1-12-8-7-11-17(13(12)2)23-20(27)14(3)28-21-24-18-10-6-5-9-16(18)19-22-15(4)25-26(19)21/h5-6,9-10,12-14,17H,7-8,11H2,1-4H3,(H,23,27)/t12-,13+,14-,17-/m1/s1. The maximum absolute atomic E-state index is 12.9. The molecular weight excluding hydrogens is 370 g/mol. The van der Waals surface area contributed by atoms with Crippen LogP contribution in [0.25, 0.3) is 16.6 Å². The molecule has 2 aromatic heterocycles. The number of carbonyl (C=O) groups excluding carboxylic acids is 1. The lowest BCUT2D eigenvalue weighted by molar-refractivity contribution is -0.121. The van der Waals surface area contributed by atoms with Gasteiger partial charge in [0.1, 0.15) is 5.82 Å². The summed E-state index contributed by atoms with van der Waals surface area (Å²) in [5.41, 5.74) is 1.65. The van der Waals surface area contributed by atoms with E-state index in [4.69, 9.17) is 4.98 Å². The Labute approximate surface area is 169 Å². The molecule has 0 radical (unpaired) electrons. The third kappa shape index (κ3) is 3.60. The molecule has 4 atom stereocenters. The van der Waals surface area contributed by atoms with E-state index in [1.807, 2.05) is 38.1 Å². The Kier molecular flexibility index (Phi) is 5.27. The molecule has 1 aliphatic carbocycles. The number of aryl methyl sites for hydroxylation is 1. The van der Waals surface area contributed by atoms with Crippen molar-refractivity contribution in [3.8, 4) is 0 Å². The number of carbonyl (C=O) groups is 1. The lowest BCUT2D eigenvalue weighted by Gasteiger charge is -2.35. The highest BCUT2D eigenvalue weighted by Gasteiger charge is 2.30. The molecule has 4 rings (SSSR count). The van der Waals surface area contributed by atoms with Crippen LogP contribution in [0.15, 0.2) is 29.4 Å². The van der Waals surface area contributed by atoms with Gasteiger partial charge in [0.15, 0.2) is 10.8 Å². The molecule has 1 amide bonds. The summed E-state index contributed by atoms with van der Waals surface area (Å²) < 4.78 is 1.76. The van der Waals surface area contributed by atoms with Crippen molar-refractivity contribution in [3.05, 3.63) is 30.1 Å². The van der Waals surface area contributed by atoms with Gasteiger partial charge in [-0.1, -0.05) is 50.6 Å². The second-order valence-electron chi connectivity index (χ2n) is 7.95. The number of thioether (sulfide) groups is 1. The van der Waals surface area contributed by atoms with Crippen LogP contribution < -0.4 is 5.32 Å². The minimum absolute atomic E-state index is 0.0656. The number of rotatable bonds is 4. The van der Waals surface area contributed by atoms with E-state index < -0.39 is 0 Å². The van der Waals surface area contributed by atoms with E-state index in [2.05, 4.69) is 29.2 Å². The van der Waals surface area contributed by atoms with Gasteiger partial charge in [-0.05, 0) is 44.2 Å². The summed E-state index contributed by atoms with van der Waals surface area (Å²) in [6.07, 6.45) is 3.50. The minimum Gasteiger partial charge on any atom is -0.352 e. The molecule has 0 spiro atoms. The van der Waals surface area contributed by atoms with Gasteiger partial charge in [-0.15, -0.1) is 5.10 Å². The summed E-state index contributed by atoms with van der Waals surface area (Å²) in [5, 5.41) is 9.19. The largest absolute Gasteiger partial charge is 0.352 e. The number of para-hydroxylation sites is 1. The van der Waals surface area contributed by atoms with Crippen molar-refractivity contribution in [2.45, 2.75) is 63.4 Å². The minimum atomic E-state index is -0.259. The molecule has 148 valence electrons. The fraction of sp³-hybridized carbons (Fsp3) is 0.524. The Balaban J connectivity index is 1.57. The van der Waals surface area contributed by atoms with Crippen molar-refractivity contribution >= 4 is 34.2 Å². The molecule has 6 nitrogen and oxygen atoms in total. The smallest absolute Gasteiger partial charge is 0.233 e. The van der Waals surface area contributed by atoms with E-state index in [-0.39, 0.29) is 17.2 Å². The van der Waals surface area contributed by atoms with Crippen LogP contribution in [0.5, 0.6) is 0 Å². The summed E-state index contributed by atoms with van der Waals surface area (Å²) in [6, 6.07) is 8.17. The van der Waals surface area contributed by atoms with Crippen LogP contribution in [0.1, 0.15) is 45.9 Å². The van der Waals surface area contributed by atoms with Crippen LogP contribution in [0.3, 0.4) is 0 Å². The number of hydrogen-bond donors (Lipinski definition) is 1. The summed E-state index contributed by atoms with van der Waals surface area (Å²) in [6.45, 7) is 8.34. The van der Waals surface area contributed by atoms with E-state index in [9.17, 15) is 4.79 Å². The molecule has 0 aliphatic heterocycles. The van der Waals surface area contributed by atoms with Crippen molar-refractivity contribution in [2.75, 3.05) is 0 Å². The van der Waals surface area contributed by atoms with Gasteiger partial charge in [-0.3, -0.25) is 4.79 Å². The highest BCUT2D eigenvalue weighted by molar-refractivity contribution is 8.00. The summed E-state index contributed by atoms with van der Waals surface area (Å²) in [7, 11) is 0. The first-order valence-corrected chi connectivity index (χ1v) is 10.9. The van der Waals surface area contributed by atoms with E-state index >= 15 is 0 Å². The van der Waals surface area contributed by atoms with E-state index in [0.717, 1.165) is 23.0 Å². The highest BCUT2D eigenvalue weighted by atomic mass is 32.2. The van der Waals surface area contributed by atoms with Crippen LogP contribution >= 0.6 is 11.8 Å². The molecule has 1 N–H and O–H groups in total. The number of fused-ring (bicyclic) bond motifs is 3. The number of hydrogen-bond acceptors (Lipinski definition) is 5. The number of aromatic nitrogens is 4. The molecule has 1 saturated carbocycles. The van der Waals surface area contributed by atoms with Gasteiger partial charge >= 0.3 is 0 Å². The Morgan fingerprint density at radius 1 is 1.25 bits per heavy atom. The Hall–Kier alpha value is -2.15. The van der Waals surface area contributed by atoms with E-state index in [0.29, 0.717) is 22.8 Å². The normalized spacial score (nSPS) is 23.8. The van der Waals surface area contributed by atoms with Gasteiger partial charge in [-0.25, -0.2) is 9.97 Å². The quantitative estimate of drug-likeness (QED) is 0.532. The molecule has 0 unspecified atom stereocenters. The van der Waals surface area contributed by atoms with Crippen LogP contribution in [-0.4, -0.2) is 36.8 Å². The van der Waals surface area contributed by atoms with Gasteiger partial charge in [0.25, 0.3) is 0 Å². The first kappa shape index (κ1) is 19.2. The summed E-state index contributed by atoms with van der Waals surface area (Å²) >= 11 is 1.44. The second-order valence-corrected chi connectivity index (χ2v) is 9.26. The fourth-order valence-electron chi connectivity index (χ4n) is 4.01. The van der Waals surface area contributed by atoms with Gasteiger partial charge in [0.2, 0.25) is 5.91 Å². The Morgan fingerprint density at radius 2 is 2.04 bits per heavy atom. The second kappa shape index (κ2) is 7.70.